The van der Waals surface area contributed by atoms with Gasteiger partial charge in [-0.1, -0.05) is 51.6 Å². The van der Waals surface area contributed by atoms with E-state index in [1.165, 1.54) is 0 Å². The minimum absolute atomic E-state index is 0.218. The number of ether oxygens (including phenoxy) is 2. The van der Waals surface area contributed by atoms with Gasteiger partial charge in [-0.3, -0.25) is 9.80 Å². The molecule has 2 aromatic rings. The molecule has 0 saturated heterocycles. The van der Waals surface area contributed by atoms with E-state index in [0.29, 0.717) is 18.0 Å². The SMILES string of the molecule is CCN1c2ccccc2Sc2c(OC(C)N(CC)CC)c(C#N)c(C#N)c(OC(C)N(CC)CC)c21. The molecule has 0 aromatic heterocycles. The first-order valence-corrected chi connectivity index (χ1v) is 13.6. The number of anilines is 2. The van der Waals surface area contributed by atoms with Gasteiger partial charge in [0.25, 0.3) is 0 Å². The molecule has 1 aliphatic rings. The molecular formula is C28H37N5O2S. The standard InChI is InChI=1S/C28H37N5O2S/c1-8-31(9-2)19(6)34-26-21(17-29)22(18-30)27(35-20(7)32(10-3)11-4)28-25(26)33(12-5)23-15-13-14-16-24(23)36-28/h13-16,19-20H,8-12H2,1-7H3. The third-order valence-electron chi connectivity index (χ3n) is 6.75. The number of rotatable bonds is 11. The van der Waals surface area contributed by atoms with Crippen molar-refractivity contribution in [2.24, 2.45) is 0 Å². The highest BCUT2D eigenvalue weighted by molar-refractivity contribution is 7.99. The first-order chi connectivity index (χ1) is 17.4. The van der Waals surface area contributed by atoms with E-state index in [1.807, 2.05) is 26.0 Å². The fourth-order valence-corrected chi connectivity index (χ4v) is 5.93. The van der Waals surface area contributed by atoms with Gasteiger partial charge in [0.2, 0.25) is 0 Å². The Morgan fingerprint density at radius 1 is 0.833 bits per heavy atom. The normalized spacial score (nSPS) is 14.0. The van der Waals surface area contributed by atoms with Crippen LogP contribution in [0.25, 0.3) is 0 Å². The lowest BCUT2D eigenvalue weighted by Crippen LogP contribution is -2.38. The maximum Gasteiger partial charge on any atom is 0.165 e. The highest BCUT2D eigenvalue weighted by atomic mass is 32.2. The van der Waals surface area contributed by atoms with Gasteiger partial charge >= 0.3 is 0 Å². The van der Waals surface area contributed by atoms with Crippen LogP contribution in [0.2, 0.25) is 0 Å². The van der Waals surface area contributed by atoms with Gasteiger partial charge in [-0.25, -0.2) is 0 Å². The van der Waals surface area contributed by atoms with Crippen molar-refractivity contribution in [1.29, 1.82) is 10.5 Å². The zero-order chi connectivity index (χ0) is 26.4. The summed E-state index contributed by atoms with van der Waals surface area (Å²) < 4.78 is 13.1. The predicted molar refractivity (Wildman–Crippen MR) is 145 cm³/mol. The number of nitriles is 2. The smallest absolute Gasteiger partial charge is 0.165 e. The van der Waals surface area contributed by atoms with Crippen molar-refractivity contribution in [3.05, 3.63) is 35.4 Å². The summed E-state index contributed by atoms with van der Waals surface area (Å²) in [6, 6.07) is 12.8. The molecule has 0 spiro atoms. The summed E-state index contributed by atoms with van der Waals surface area (Å²) in [6.45, 7) is 18.3. The Kier molecular flexibility index (Phi) is 9.50. The Hall–Kier alpha value is -2.91. The van der Waals surface area contributed by atoms with Crippen molar-refractivity contribution in [3.63, 3.8) is 0 Å². The molecule has 2 unspecified atom stereocenters. The molecule has 0 amide bonds. The van der Waals surface area contributed by atoms with E-state index in [9.17, 15) is 10.5 Å². The Balaban J connectivity index is 2.33. The van der Waals surface area contributed by atoms with Crippen molar-refractivity contribution >= 4 is 23.1 Å². The summed E-state index contributed by atoms with van der Waals surface area (Å²) in [7, 11) is 0. The molecule has 7 nitrogen and oxygen atoms in total. The van der Waals surface area contributed by atoms with Gasteiger partial charge in [-0.2, -0.15) is 10.5 Å². The first-order valence-electron chi connectivity index (χ1n) is 12.8. The minimum atomic E-state index is -0.273. The monoisotopic (exact) mass is 507 g/mol. The number of fused-ring (bicyclic) bond motifs is 2. The van der Waals surface area contributed by atoms with Crippen LogP contribution in [0.4, 0.5) is 11.4 Å². The van der Waals surface area contributed by atoms with Gasteiger partial charge in [0.15, 0.2) is 11.5 Å². The molecule has 192 valence electrons. The zero-order valence-electron chi connectivity index (χ0n) is 22.5. The molecule has 0 aliphatic carbocycles. The molecular weight excluding hydrogens is 470 g/mol. The average molecular weight is 508 g/mol. The van der Waals surface area contributed by atoms with Gasteiger partial charge in [0.1, 0.15) is 41.4 Å². The molecule has 3 rings (SSSR count). The maximum atomic E-state index is 10.3. The lowest BCUT2D eigenvalue weighted by Gasteiger charge is -2.37. The molecule has 0 saturated carbocycles. The summed E-state index contributed by atoms with van der Waals surface area (Å²) in [6.07, 6.45) is -0.540. The molecule has 0 bridgehead atoms. The van der Waals surface area contributed by atoms with Crippen molar-refractivity contribution in [1.82, 2.24) is 9.80 Å². The molecule has 1 aliphatic heterocycles. The lowest BCUT2D eigenvalue weighted by atomic mass is 10.0. The maximum absolute atomic E-state index is 10.3. The van der Waals surface area contributed by atoms with E-state index >= 15 is 0 Å². The van der Waals surface area contributed by atoms with Gasteiger partial charge in [-0.05, 0) is 59.1 Å². The van der Waals surface area contributed by atoms with E-state index in [0.717, 1.165) is 47.3 Å². The summed E-state index contributed by atoms with van der Waals surface area (Å²) in [5.41, 5.74) is 2.28. The van der Waals surface area contributed by atoms with Crippen LogP contribution in [0, 0.1) is 22.7 Å². The lowest BCUT2D eigenvalue weighted by molar-refractivity contribution is 0.0428. The first kappa shape index (κ1) is 27.7. The van der Waals surface area contributed by atoms with Crippen LogP contribution in [0.15, 0.2) is 34.1 Å². The molecule has 36 heavy (non-hydrogen) atoms. The third kappa shape index (κ3) is 5.13. The van der Waals surface area contributed by atoms with Crippen LogP contribution >= 0.6 is 11.8 Å². The number of para-hydroxylation sites is 1. The van der Waals surface area contributed by atoms with Gasteiger partial charge in [0.05, 0.1) is 10.6 Å². The van der Waals surface area contributed by atoms with Crippen LogP contribution < -0.4 is 14.4 Å². The second-order valence-electron chi connectivity index (χ2n) is 8.50. The molecule has 2 aromatic carbocycles. The summed E-state index contributed by atoms with van der Waals surface area (Å²) in [5, 5.41) is 20.6. The molecule has 0 N–H and O–H groups in total. The molecule has 1 heterocycles. The fraction of sp³-hybridized carbons (Fsp3) is 0.500. The fourth-order valence-electron chi connectivity index (χ4n) is 4.74. The van der Waals surface area contributed by atoms with Crippen molar-refractivity contribution in [2.45, 2.75) is 70.7 Å². The minimum Gasteiger partial charge on any atom is -0.473 e. The van der Waals surface area contributed by atoms with E-state index < -0.39 is 0 Å². The second kappa shape index (κ2) is 12.4. The number of benzene rings is 2. The van der Waals surface area contributed by atoms with E-state index in [-0.39, 0.29) is 23.6 Å². The van der Waals surface area contributed by atoms with Crippen LogP contribution in [-0.2, 0) is 0 Å². The highest BCUT2D eigenvalue weighted by Crippen LogP contribution is 2.58. The number of hydrogen-bond donors (Lipinski definition) is 0. The summed E-state index contributed by atoms with van der Waals surface area (Å²) in [5.74, 6) is 0.888. The Morgan fingerprint density at radius 3 is 1.83 bits per heavy atom. The molecule has 2 atom stereocenters. The Bertz CT molecular complexity index is 1150. The van der Waals surface area contributed by atoms with Crippen LogP contribution in [0.3, 0.4) is 0 Å². The van der Waals surface area contributed by atoms with Crippen molar-refractivity contribution in [2.75, 3.05) is 37.6 Å². The van der Waals surface area contributed by atoms with Gasteiger partial charge in [-0.15, -0.1) is 0 Å². The van der Waals surface area contributed by atoms with Gasteiger partial charge < -0.3 is 14.4 Å². The van der Waals surface area contributed by atoms with E-state index in [4.69, 9.17) is 9.47 Å². The molecule has 0 fully saturated rings. The Labute approximate surface area is 220 Å². The zero-order valence-corrected chi connectivity index (χ0v) is 23.3. The largest absolute Gasteiger partial charge is 0.473 e. The third-order valence-corrected chi connectivity index (χ3v) is 7.90. The molecule has 8 heteroatoms. The van der Waals surface area contributed by atoms with Gasteiger partial charge in [0, 0.05) is 11.4 Å². The van der Waals surface area contributed by atoms with Crippen LogP contribution in [0.1, 0.15) is 59.6 Å². The predicted octanol–water partition coefficient (Wildman–Crippen LogP) is 6.19. The van der Waals surface area contributed by atoms with E-state index in [1.54, 1.807) is 11.8 Å². The highest BCUT2D eigenvalue weighted by Gasteiger charge is 2.36. The second-order valence-corrected chi connectivity index (χ2v) is 9.55. The topological polar surface area (TPSA) is 75.8 Å². The summed E-state index contributed by atoms with van der Waals surface area (Å²) >= 11 is 1.57. The summed E-state index contributed by atoms with van der Waals surface area (Å²) in [4.78, 5) is 8.40. The van der Waals surface area contributed by atoms with Crippen LogP contribution in [-0.4, -0.2) is 55.0 Å². The Morgan fingerprint density at radius 2 is 1.33 bits per heavy atom. The van der Waals surface area contributed by atoms with E-state index in [2.05, 4.69) is 73.6 Å². The number of hydrogen-bond acceptors (Lipinski definition) is 8. The van der Waals surface area contributed by atoms with Crippen LogP contribution in [0.5, 0.6) is 11.5 Å². The number of nitrogens with zero attached hydrogens (tertiary/aromatic N) is 5. The van der Waals surface area contributed by atoms with Crippen molar-refractivity contribution in [3.8, 4) is 23.6 Å². The van der Waals surface area contributed by atoms with Crippen molar-refractivity contribution < 1.29 is 9.47 Å². The average Bonchev–Trinajstić information content (AvgIpc) is 2.89. The quantitative estimate of drug-likeness (QED) is 0.334. The molecule has 0 radical (unpaired) electrons.